The summed E-state index contributed by atoms with van der Waals surface area (Å²) in [5, 5.41) is 8.89. The molecule has 0 saturated carbocycles. The van der Waals surface area contributed by atoms with E-state index in [9.17, 15) is 13.6 Å². The van der Waals surface area contributed by atoms with Crippen LogP contribution >= 0.6 is 0 Å². The van der Waals surface area contributed by atoms with Crippen LogP contribution in [-0.2, 0) is 29.0 Å². The van der Waals surface area contributed by atoms with Crippen LogP contribution in [0.1, 0.15) is 32.9 Å². The summed E-state index contributed by atoms with van der Waals surface area (Å²) in [6.45, 7) is 0.317. The van der Waals surface area contributed by atoms with Crippen LogP contribution in [0.5, 0.6) is 5.88 Å². The molecule has 0 aliphatic heterocycles. The molecule has 0 fully saturated rings. The van der Waals surface area contributed by atoms with E-state index in [1.807, 2.05) is 6.07 Å². The first-order valence-electron chi connectivity index (χ1n) is 13.2. The topological polar surface area (TPSA) is 99.3 Å². The van der Waals surface area contributed by atoms with E-state index < -0.39 is 40.5 Å². The van der Waals surface area contributed by atoms with Crippen molar-refractivity contribution >= 4 is 17.0 Å². The standard InChI is InChI=1S/C32H24F4N4O4/c1-42-10-9-40-28-13-19(32(41)43-2)5-7-27(28)38-29(40)14-21-12-26(36)22(15-25(21)35)31-23(33)6-8-30(39-31)44-17-20-4-3-18(16-37)11-24(20)34/h3-8,11-13,15H,9-10,14,17H2,1-2H3. The fraction of sp³-hybridized carbons (Fsp3) is 0.188. The third kappa shape index (κ3) is 6.23. The molecule has 3 aromatic carbocycles. The Kier molecular flexibility index (Phi) is 8.87. The molecule has 5 aromatic rings. The molecule has 224 valence electrons. The van der Waals surface area contributed by atoms with E-state index in [0.29, 0.717) is 29.0 Å². The van der Waals surface area contributed by atoms with Crippen LogP contribution in [0, 0.1) is 34.6 Å². The summed E-state index contributed by atoms with van der Waals surface area (Å²) < 4.78 is 77.0. The minimum Gasteiger partial charge on any atom is -0.473 e. The summed E-state index contributed by atoms with van der Waals surface area (Å²) in [4.78, 5) is 20.6. The summed E-state index contributed by atoms with van der Waals surface area (Å²) in [6, 6.07) is 14.4. The Bertz CT molecular complexity index is 1920. The van der Waals surface area contributed by atoms with Crippen LogP contribution in [0.15, 0.2) is 60.7 Å². The molecular weight excluding hydrogens is 580 g/mol. The smallest absolute Gasteiger partial charge is 0.337 e. The first-order chi connectivity index (χ1) is 21.2. The van der Waals surface area contributed by atoms with Crippen molar-refractivity contribution in [2.45, 2.75) is 19.6 Å². The van der Waals surface area contributed by atoms with Gasteiger partial charge in [0.25, 0.3) is 0 Å². The second kappa shape index (κ2) is 12.9. The number of rotatable bonds is 10. The second-order valence-corrected chi connectivity index (χ2v) is 9.65. The largest absolute Gasteiger partial charge is 0.473 e. The van der Waals surface area contributed by atoms with Crippen molar-refractivity contribution in [3.05, 3.63) is 112 Å². The lowest BCUT2D eigenvalue weighted by molar-refractivity contribution is 0.0601. The van der Waals surface area contributed by atoms with Gasteiger partial charge in [-0.05, 0) is 54.1 Å². The van der Waals surface area contributed by atoms with Crippen molar-refractivity contribution in [2.75, 3.05) is 20.8 Å². The number of carbonyl (C=O) groups is 1. The fourth-order valence-corrected chi connectivity index (χ4v) is 4.64. The summed E-state index contributed by atoms with van der Waals surface area (Å²) in [5.41, 5.74) is 0.701. The first-order valence-corrected chi connectivity index (χ1v) is 13.2. The monoisotopic (exact) mass is 604 g/mol. The number of aromatic nitrogens is 3. The minimum atomic E-state index is -0.935. The van der Waals surface area contributed by atoms with Gasteiger partial charge in [0.15, 0.2) is 0 Å². The quantitative estimate of drug-likeness (QED) is 0.140. The number of fused-ring (bicyclic) bond motifs is 1. The van der Waals surface area contributed by atoms with Gasteiger partial charge in [-0.25, -0.2) is 32.3 Å². The molecule has 0 atom stereocenters. The van der Waals surface area contributed by atoms with Gasteiger partial charge >= 0.3 is 5.97 Å². The highest BCUT2D eigenvalue weighted by molar-refractivity contribution is 5.93. The van der Waals surface area contributed by atoms with Crippen LogP contribution < -0.4 is 4.74 Å². The Balaban J connectivity index is 1.43. The Morgan fingerprint density at radius 2 is 1.68 bits per heavy atom. The minimum absolute atomic E-state index is 0.0440. The van der Waals surface area contributed by atoms with E-state index >= 15 is 8.78 Å². The zero-order valence-electron chi connectivity index (χ0n) is 23.5. The molecule has 5 rings (SSSR count). The molecule has 44 heavy (non-hydrogen) atoms. The number of methoxy groups -OCH3 is 2. The summed E-state index contributed by atoms with van der Waals surface area (Å²) in [7, 11) is 2.79. The Morgan fingerprint density at radius 3 is 2.41 bits per heavy atom. The van der Waals surface area contributed by atoms with Gasteiger partial charge in [-0.15, -0.1) is 0 Å². The summed E-state index contributed by atoms with van der Waals surface area (Å²) in [5.74, 6) is -3.64. The Hall–Kier alpha value is -5.28. The lowest BCUT2D eigenvalue weighted by Crippen LogP contribution is -2.10. The van der Waals surface area contributed by atoms with Crippen LogP contribution in [0.2, 0.25) is 0 Å². The number of carbonyl (C=O) groups excluding carboxylic acids is 1. The number of hydrogen-bond acceptors (Lipinski definition) is 7. The molecular formula is C32H24F4N4O4. The van der Waals surface area contributed by atoms with E-state index in [4.69, 9.17) is 19.5 Å². The summed E-state index contributed by atoms with van der Waals surface area (Å²) >= 11 is 0. The van der Waals surface area contributed by atoms with Gasteiger partial charge in [-0.1, -0.05) is 6.07 Å². The molecule has 0 aliphatic carbocycles. The van der Waals surface area contributed by atoms with Crippen LogP contribution in [-0.4, -0.2) is 41.3 Å². The molecule has 0 aliphatic rings. The highest BCUT2D eigenvalue weighted by Crippen LogP contribution is 2.30. The van der Waals surface area contributed by atoms with Crippen molar-refractivity contribution in [3.8, 4) is 23.2 Å². The number of ether oxygens (including phenoxy) is 3. The van der Waals surface area contributed by atoms with Gasteiger partial charge in [0, 0.05) is 37.3 Å². The molecule has 12 heteroatoms. The SMILES string of the molecule is COCCn1c(Cc2cc(F)c(-c3nc(OCc4ccc(C#N)cc4F)ccc3F)cc2F)nc2ccc(C(=O)OC)cc21. The van der Waals surface area contributed by atoms with E-state index in [1.165, 1.54) is 32.4 Å². The Morgan fingerprint density at radius 1 is 0.886 bits per heavy atom. The number of nitriles is 1. The molecule has 0 unspecified atom stereocenters. The molecule has 0 saturated heterocycles. The number of imidazole rings is 1. The zero-order chi connectivity index (χ0) is 31.4. The maximum atomic E-state index is 15.4. The Labute approximate surface area is 249 Å². The number of pyridine rings is 1. The predicted octanol–water partition coefficient (Wildman–Crippen LogP) is 6.13. The molecule has 2 heterocycles. The average Bonchev–Trinajstić information content (AvgIpc) is 3.37. The number of nitrogens with zero attached hydrogens (tertiary/aromatic N) is 4. The first kappa shape index (κ1) is 30.2. The van der Waals surface area contributed by atoms with Gasteiger partial charge in [0.2, 0.25) is 5.88 Å². The van der Waals surface area contributed by atoms with E-state index in [1.54, 1.807) is 22.8 Å². The zero-order valence-corrected chi connectivity index (χ0v) is 23.5. The molecule has 0 amide bonds. The van der Waals surface area contributed by atoms with Crippen LogP contribution in [0.25, 0.3) is 22.3 Å². The van der Waals surface area contributed by atoms with Gasteiger partial charge in [0.05, 0.1) is 41.9 Å². The van der Waals surface area contributed by atoms with Gasteiger partial charge in [-0.2, -0.15) is 5.26 Å². The van der Waals surface area contributed by atoms with Crippen molar-refractivity contribution in [1.82, 2.24) is 14.5 Å². The van der Waals surface area contributed by atoms with E-state index in [0.717, 1.165) is 24.3 Å². The maximum absolute atomic E-state index is 15.4. The number of hydrogen-bond donors (Lipinski definition) is 0. The van der Waals surface area contributed by atoms with Crippen molar-refractivity contribution in [3.63, 3.8) is 0 Å². The average molecular weight is 605 g/mol. The third-order valence-electron chi connectivity index (χ3n) is 6.89. The maximum Gasteiger partial charge on any atom is 0.337 e. The highest BCUT2D eigenvalue weighted by Gasteiger charge is 2.20. The van der Waals surface area contributed by atoms with Crippen molar-refractivity contribution in [2.24, 2.45) is 0 Å². The van der Waals surface area contributed by atoms with Crippen molar-refractivity contribution < 1.29 is 36.6 Å². The van der Waals surface area contributed by atoms with E-state index in [-0.39, 0.29) is 42.2 Å². The molecule has 0 bridgehead atoms. The third-order valence-corrected chi connectivity index (χ3v) is 6.89. The predicted molar refractivity (Wildman–Crippen MR) is 151 cm³/mol. The lowest BCUT2D eigenvalue weighted by atomic mass is 10.0. The lowest BCUT2D eigenvalue weighted by Gasteiger charge is -2.12. The van der Waals surface area contributed by atoms with Crippen LogP contribution in [0.4, 0.5) is 17.6 Å². The molecule has 0 N–H and O–H groups in total. The fourth-order valence-electron chi connectivity index (χ4n) is 4.64. The summed E-state index contributed by atoms with van der Waals surface area (Å²) in [6.07, 6.45) is -0.121. The highest BCUT2D eigenvalue weighted by atomic mass is 19.1. The molecule has 0 spiro atoms. The second-order valence-electron chi connectivity index (χ2n) is 9.65. The van der Waals surface area contributed by atoms with Crippen molar-refractivity contribution in [1.29, 1.82) is 5.26 Å². The molecule has 2 aromatic heterocycles. The van der Waals surface area contributed by atoms with Crippen LogP contribution in [0.3, 0.4) is 0 Å². The molecule has 0 radical (unpaired) electrons. The van der Waals surface area contributed by atoms with E-state index in [2.05, 4.69) is 9.97 Å². The number of esters is 1. The van der Waals surface area contributed by atoms with Gasteiger partial charge < -0.3 is 18.8 Å². The number of benzene rings is 3. The molecule has 8 nitrogen and oxygen atoms in total. The normalized spacial score (nSPS) is 11.0. The number of halogens is 4. The van der Waals surface area contributed by atoms with Gasteiger partial charge in [0.1, 0.15) is 41.4 Å². The van der Waals surface area contributed by atoms with Gasteiger partial charge in [-0.3, -0.25) is 0 Å².